The number of methoxy groups -OCH3 is 1. The number of ether oxygens (including phenoxy) is 2. The lowest BCUT2D eigenvalue weighted by Crippen LogP contribution is -2.33. The van der Waals surface area contributed by atoms with Crippen LogP contribution in [0, 0.1) is 10.1 Å². The maximum absolute atomic E-state index is 13.3. The summed E-state index contributed by atoms with van der Waals surface area (Å²) in [5.41, 5.74) is 4.29. The summed E-state index contributed by atoms with van der Waals surface area (Å²) in [7, 11) is 1.25. The highest BCUT2D eigenvalue weighted by Gasteiger charge is 2.38. The third-order valence-electron chi connectivity index (χ3n) is 6.35. The topological polar surface area (TPSA) is 111 Å². The van der Waals surface area contributed by atoms with Gasteiger partial charge < -0.3 is 14.8 Å². The van der Waals surface area contributed by atoms with Gasteiger partial charge in [-0.05, 0) is 30.5 Å². The number of carbonyl (C=O) groups excluding carboxylic acids is 2. The molecule has 1 unspecified atom stereocenters. The van der Waals surface area contributed by atoms with Crippen molar-refractivity contribution >= 4 is 17.6 Å². The zero-order valence-corrected chi connectivity index (χ0v) is 19.9. The molecular weight excluding hydrogens is 450 g/mol. The molecule has 0 aliphatic carbocycles. The Morgan fingerprint density at radius 2 is 1.66 bits per heavy atom. The number of rotatable bonds is 7. The zero-order valence-electron chi connectivity index (χ0n) is 19.9. The molecule has 0 fully saturated rings. The lowest BCUT2D eigenvalue weighted by atomic mass is 9.80. The highest BCUT2D eigenvalue weighted by atomic mass is 16.6. The fraction of sp³-hybridized carbons (Fsp3) is 0.308. The number of nitro benzene ring substituents is 1. The van der Waals surface area contributed by atoms with E-state index in [4.69, 9.17) is 9.47 Å². The lowest BCUT2D eigenvalue weighted by Gasteiger charge is -2.30. The minimum absolute atomic E-state index is 0.137. The van der Waals surface area contributed by atoms with E-state index in [1.165, 1.54) is 36.4 Å². The van der Waals surface area contributed by atoms with Gasteiger partial charge in [0.25, 0.3) is 5.69 Å². The van der Waals surface area contributed by atoms with Crippen LogP contribution in [-0.4, -0.2) is 42.0 Å². The number of allylic oxidation sites excluding steroid dienone is 2. The molecule has 9 nitrogen and oxygen atoms in total. The van der Waals surface area contributed by atoms with Gasteiger partial charge in [0.15, 0.2) is 0 Å². The molecule has 9 heteroatoms. The highest BCUT2D eigenvalue weighted by Crippen LogP contribution is 2.40. The quantitative estimate of drug-likeness (QED) is 0.366. The second-order valence-corrected chi connectivity index (χ2v) is 8.59. The van der Waals surface area contributed by atoms with Crippen molar-refractivity contribution < 1.29 is 24.0 Å². The fourth-order valence-corrected chi connectivity index (χ4v) is 4.70. The number of non-ortho nitro benzene ring substituents is 1. The molecule has 2 aliphatic rings. The van der Waals surface area contributed by atoms with Gasteiger partial charge in [-0.25, -0.2) is 9.59 Å². The predicted molar refractivity (Wildman–Crippen MR) is 128 cm³/mol. The zero-order chi connectivity index (χ0) is 25.1. The first kappa shape index (κ1) is 24.2. The van der Waals surface area contributed by atoms with Crippen LogP contribution in [-0.2, 0) is 32.2 Å². The number of nitro groups is 1. The molecule has 0 saturated carbocycles. The first-order valence-corrected chi connectivity index (χ1v) is 11.3. The first-order valence-electron chi connectivity index (χ1n) is 11.3. The van der Waals surface area contributed by atoms with Gasteiger partial charge in [-0.1, -0.05) is 36.4 Å². The van der Waals surface area contributed by atoms with Gasteiger partial charge in [-0.2, -0.15) is 0 Å². The summed E-state index contributed by atoms with van der Waals surface area (Å²) >= 11 is 0. The normalized spacial score (nSPS) is 17.6. The van der Waals surface area contributed by atoms with Gasteiger partial charge >= 0.3 is 11.9 Å². The number of nitrogens with one attached hydrogen (secondary N) is 1. The van der Waals surface area contributed by atoms with E-state index in [9.17, 15) is 19.7 Å². The molecule has 2 heterocycles. The fourth-order valence-electron chi connectivity index (χ4n) is 4.70. The number of nitrogens with zero attached hydrogens (tertiary/aromatic N) is 2. The Kier molecular flexibility index (Phi) is 6.97. The Morgan fingerprint density at radius 1 is 1.03 bits per heavy atom. The van der Waals surface area contributed by atoms with E-state index in [0.717, 1.165) is 13.1 Å². The molecule has 2 aliphatic heterocycles. The van der Waals surface area contributed by atoms with Crippen LogP contribution in [0.25, 0.3) is 0 Å². The number of hydrogen-bond acceptors (Lipinski definition) is 8. The van der Waals surface area contributed by atoms with Crippen LogP contribution in [0.3, 0.4) is 0 Å². The molecule has 0 saturated heterocycles. The number of benzene rings is 2. The number of hydrogen-bond donors (Lipinski definition) is 1. The van der Waals surface area contributed by atoms with Crippen LogP contribution in [0.15, 0.2) is 71.1 Å². The molecule has 0 aromatic heterocycles. The van der Waals surface area contributed by atoms with Crippen molar-refractivity contribution in [1.82, 2.24) is 10.2 Å². The van der Waals surface area contributed by atoms with Gasteiger partial charge in [0, 0.05) is 43.2 Å². The number of fused-ring (bicyclic) bond motifs is 1. The van der Waals surface area contributed by atoms with Crippen molar-refractivity contribution in [3.63, 3.8) is 0 Å². The lowest BCUT2D eigenvalue weighted by molar-refractivity contribution is -0.384. The molecule has 1 N–H and O–H groups in total. The monoisotopic (exact) mass is 477 g/mol. The van der Waals surface area contributed by atoms with Crippen molar-refractivity contribution in [2.24, 2.45) is 0 Å². The van der Waals surface area contributed by atoms with Crippen LogP contribution in [0.5, 0.6) is 0 Å². The minimum Gasteiger partial charge on any atom is -0.466 e. The number of esters is 2. The Labute approximate surface area is 203 Å². The summed E-state index contributed by atoms with van der Waals surface area (Å²) in [6, 6.07) is 14.1. The first-order chi connectivity index (χ1) is 16.8. The summed E-state index contributed by atoms with van der Waals surface area (Å²) in [6.45, 7) is 5.73. The van der Waals surface area contributed by atoms with Crippen LogP contribution < -0.4 is 5.32 Å². The van der Waals surface area contributed by atoms with E-state index in [-0.39, 0.29) is 23.4 Å². The summed E-state index contributed by atoms with van der Waals surface area (Å²) in [5.74, 6) is -2.08. The van der Waals surface area contributed by atoms with Gasteiger partial charge in [0.05, 0.1) is 29.1 Å². The van der Waals surface area contributed by atoms with Crippen LogP contribution in [0.1, 0.15) is 36.5 Å². The number of carbonyl (C=O) groups is 2. The van der Waals surface area contributed by atoms with Crippen LogP contribution in [0.2, 0.25) is 0 Å². The standard InChI is InChI=1S/C26H27N3O6/c1-16-22(25(30)34-3)24(18-9-6-10-21(13-18)29(32)33)23(17(2)27-16)26(31)35-12-11-28-14-19-7-4-5-8-20(19)15-28/h4-10,13,24,27H,11-12,14-15H2,1-3H3. The van der Waals surface area contributed by atoms with Crippen molar-refractivity contribution in [2.75, 3.05) is 20.3 Å². The Hall–Kier alpha value is -3.98. The van der Waals surface area contributed by atoms with E-state index in [0.29, 0.717) is 23.5 Å². The Morgan fingerprint density at radius 3 is 2.26 bits per heavy atom. The molecule has 4 rings (SSSR count). The van der Waals surface area contributed by atoms with E-state index < -0.39 is 22.8 Å². The summed E-state index contributed by atoms with van der Waals surface area (Å²) < 4.78 is 10.6. The second-order valence-electron chi connectivity index (χ2n) is 8.59. The van der Waals surface area contributed by atoms with E-state index in [1.807, 2.05) is 12.1 Å². The summed E-state index contributed by atoms with van der Waals surface area (Å²) in [6.07, 6.45) is 0. The highest BCUT2D eigenvalue weighted by molar-refractivity contribution is 5.99. The molecule has 0 bridgehead atoms. The van der Waals surface area contributed by atoms with Crippen molar-refractivity contribution in [3.05, 3.63) is 97.9 Å². The molecule has 0 amide bonds. The van der Waals surface area contributed by atoms with E-state index in [1.54, 1.807) is 19.9 Å². The third kappa shape index (κ3) is 4.95. The SMILES string of the molecule is COC(=O)C1=C(C)NC(C)=C(C(=O)OCCN2Cc3ccccc3C2)C1c1cccc([N+](=O)[O-])c1. The van der Waals surface area contributed by atoms with Gasteiger partial charge in [0.1, 0.15) is 6.61 Å². The van der Waals surface area contributed by atoms with Gasteiger partial charge in [-0.15, -0.1) is 0 Å². The second kappa shape index (κ2) is 10.1. The molecule has 182 valence electrons. The molecule has 2 aromatic carbocycles. The average Bonchev–Trinajstić information content (AvgIpc) is 3.26. The van der Waals surface area contributed by atoms with Crippen LogP contribution >= 0.6 is 0 Å². The molecule has 35 heavy (non-hydrogen) atoms. The average molecular weight is 478 g/mol. The Balaban J connectivity index is 1.57. The van der Waals surface area contributed by atoms with Crippen molar-refractivity contribution in [1.29, 1.82) is 0 Å². The van der Waals surface area contributed by atoms with E-state index in [2.05, 4.69) is 22.3 Å². The van der Waals surface area contributed by atoms with Gasteiger partial charge in [0.2, 0.25) is 0 Å². The molecular formula is C26H27N3O6. The molecule has 0 spiro atoms. The maximum Gasteiger partial charge on any atom is 0.336 e. The van der Waals surface area contributed by atoms with Crippen LogP contribution in [0.4, 0.5) is 5.69 Å². The number of dihydropyridines is 1. The largest absolute Gasteiger partial charge is 0.466 e. The van der Waals surface area contributed by atoms with Crippen molar-refractivity contribution in [2.45, 2.75) is 32.9 Å². The molecule has 1 atom stereocenters. The summed E-state index contributed by atoms with van der Waals surface area (Å²) in [5, 5.41) is 14.5. The third-order valence-corrected chi connectivity index (χ3v) is 6.35. The molecule has 2 aromatic rings. The van der Waals surface area contributed by atoms with Gasteiger partial charge in [-0.3, -0.25) is 15.0 Å². The summed E-state index contributed by atoms with van der Waals surface area (Å²) in [4.78, 5) is 39.1. The van der Waals surface area contributed by atoms with Crippen molar-refractivity contribution in [3.8, 4) is 0 Å². The minimum atomic E-state index is -0.868. The smallest absolute Gasteiger partial charge is 0.336 e. The predicted octanol–water partition coefficient (Wildman–Crippen LogP) is 3.56. The molecule has 0 radical (unpaired) electrons. The maximum atomic E-state index is 13.3. The van der Waals surface area contributed by atoms with E-state index >= 15 is 0 Å². The Bertz CT molecular complexity index is 1220.